The van der Waals surface area contributed by atoms with E-state index in [2.05, 4.69) is 6.92 Å². The van der Waals surface area contributed by atoms with Gasteiger partial charge in [0.2, 0.25) is 0 Å². The predicted octanol–water partition coefficient (Wildman–Crippen LogP) is 2.64. The summed E-state index contributed by atoms with van der Waals surface area (Å²) in [5.74, 6) is -0.181. The topological polar surface area (TPSA) is 26.3 Å². The maximum atomic E-state index is 11.2. The molecule has 1 atom stereocenters. The van der Waals surface area contributed by atoms with E-state index in [9.17, 15) is 4.79 Å². The third-order valence-corrected chi connectivity index (χ3v) is 1.34. The second-order valence-electron chi connectivity index (χ2n) is 3.69. The van der Waals surface area contributed by atoms with Crippen molar-refractivity contribution in [1.29, 1.82) is 0 Å². The number of carbonyl (C=O) groups excluding carboxylic acids is 1. The van der Waals surface area contributed by atoms with E-state index < -0.39 is 5.41 Å². The normalized spacial score (nSPS) is 12.1. The zero-order chi connectivity index (χ0) is 9.07. The molecule has 0 amide bonds. The minimum absolute atomic E-state index is 0. The third-order valence-electron chi connectivity index (χ3n) is 1.34. The van der Waals surface area contributed by atoms with E-state index in [1.165, 1.54) is 0 Å². The molecule has 0 radical (unpaired) electrons. The SMILES string of the molecule is [CH2-]C(CC)OC(=O)C(C)(C)C.[CH3-].[Cm]. The standard InChI is InChI=1S/C9H17O2.CH3.Cm/c1-6-7(2)11-8(10)9(3,4)5;;/h7H,2,6H2,1,3-5H3;1H3;/q2*-1;. The molecular formula is C10H20CmO2-2. The van der Waals surface area contributed by atoms with Gasteiger partial charge in [0.05, 0.1) is 5.41 Å². The number of hydrogen-bond donors (Lipinski definition) is 0. The predicted molar refractivity (Wildman–Crippen MR) is 51.4 cm³/mol. The zero-order valence-electron chi connectivity index (χ0n) is 9.16. The molecule has 0 aliphatic heterocycles. The van der Waals surface area contributed by atoms with Gasteiger partial charge in [-0.05, 0) is 33.3 Å². The van der Waals surface area contributed by atoms with Crippen molar-refractivity contribution in [2.24, 2.45) is 5.41 Å². The van der Waals surface area contributed by atoms with Gasteiger partial charge in [-0.3, -0.25) is 4.79 Å². The molecule has 0 aliphatic carbocycles. The van der Waals surface area contributed by atoms with E-state index in [-0.39, 0.29) is 19.5 Å². The minimum atomic E-state index is -0.412. The molecule has 3 heteroatoms. The Morgan fingerprint density at radius 2 is 1.85 bits per heavy atom. The van der Waals surface area contributed by atoms with Gasteiger partial charge < -0.3 is 19.1 Å². The summed E-state index contributed by atoms with van der Waals surface area (Å²) in [6, 6.07) is 0. The van der Waals surface area contributed by atoms with Crippen LogP contribution >= 0.6 is 0 Å². The second kappa shape index (κ2) is 6.04. The molecule has 0 aromatic heterocycles. The van der Waals surface area contributed by atoms with E-state index in [1.54, 1.807) is 0 Å². The summed E-state index contributed by atoms with van der Waals surface area (Å²) in [6.45, 7) is 11.1. The molecule has 0 bridgehead atoms. The Morgan fingerprint density at radius 3 is 2.08 bits per heavy atom. The van der Waals surface area contributed by atoms with Crippen molar-refractivity contribution in [1.82, 2.24) is 0 Å². The van der Waals surface area contributed by atoms with Crippen LogP contribution in [0.3, 0.4) is 0 Å². The van der Waals surface area contributed by atoms with E-state index >= 15 is 0 Å². The molecule has 0 spiro atoms. The fraction of sp³-hybridized carbons (Fsp3) is 0.700. The van der Waals surface area contributed by atoms with Gasteiger partial charge in [0.25, 0.3) is 0 Å². The molecule has 0 rings (SSSR count). The Hall–Kier alpha value is -1.53. The quantitative estimate of drug-likeness (QED) is 0.508. The van der Waals surface area contributed by atoms with Gasteiger partial charge in [0.1, 0.15) is 0 Å². The molecule has 13 heavy (non-hydrogen) atoms. The molecule has 82 valence electrons. The van der Waals surface area contributed by atoms with E-state index in [0.717, 1.165) is 6.42 Å². The molecule has 2 nitrogen and oxygen atoms in total. The van der Waals surface area contributed by atoms with Gasteiger partial charge in [0.15, 0.2) is 0 Å². The number of ether oxygens (including phenoxy) is 1. The van der Waals surface area contributed by atoms with Crippen LogP contribution in [-0.2, 0) is 9.53 Å². The molecule has 0 saturated carbocycles. The molecule has 0 saturated heterocycles. The first-order valence-corrected chi connectivity index (χ1v) is 3.92. The van der Waals surface area contributed by atoms with Crippen molar-refractivity contribution in [3.8, 4) is 0 Å². The van der Waals surface area contributed by atoms with Crippen LogP contribution in [0.1, 0.15) is 34.1 Å². The fourth-order valence-electron chi connectivity index (χ4n) is 0.411. The van der Waals surface area contributed by atoms with Crippen LogP contribution in [0, 0.1) is 19.8 Å². The summed E-state index contributed by atoms with van der Waals surface area (Å²) in [7, 11) is 0. The summed E-state index contributed by atoms with van der Waals surface area (Å²) < 4.78 is 5.01. The van der Waals surface area contributed by atoms with Crippen LogP contribution < -0.4 is 0 Å². The van der Waals surface area contributed by atoms with Crippen molar-refractivity contribution >= 4 is 5.97 Å². The maximum absolute atomic E-state index is 11.2. The largest absolute Gasteiger partial charge is 0.495 e. The maximum Gasteiger partial charge on any atom is 0.308 e. The molecule has 0 aliphatic rings. The third kappa shape index (κ3) is 6.85. The van der Waals surface area contributed by atoms with Crippen LogP contribution in [-0.4, -0.2) is 12.1 Å². The Kier molecular flexibility index (Phi) is 8.14. The van der Waals surface area contributed by atoms with Gasteiger partial charge in [-0.15, -0.1) is 0 Å². The molecular weight excluding hydrogens is 399 g/mol. The van der Waals surface area contributed by atoms with Crippen LogP contribution in [0.25, 0.3) is 0 Å². The number of hydrogen-bond acceptors (Lipinski definition) is 2. The summed E-state index contributed by atoms with van der Waals surface area (Å²) in [4.78, 5) is 11.2. The molecule has 0 N–H and O–H groups in total. The zero-order valence-corrected chi connectivity index (χ0v) is 12.1. The van der Waals surface area contributed by atoms with Gasteiger partial charge in [-0.25, -0.2) is 0 Å². The molecule has 0 fully saturated rings. The first kappa shape index (κ1) is 17.5. The Labute approximate surface area is 76.3 Å². The summed E-state index contributed by atoms with van der Waals surface area (Å²) in [5.41, 5.74) is -0.412. The summed E-state index contributed by atoms with van der Waals surface area (Å²) in [5, 5.41) is 0. The Balaban J connectivity index is -0.000000500. The van der Waals surface area contributed by atoms with Crippen molar-refractivity contribution in [2.45, 2.75) is 40.2 Å². The van der Waals surface area contributed by atoms with Crippen LogP contribution in [0.15, 0.2) is 0 Å². The minimum Gasteiger partial charge on any atom is -0.495 e. The Morgan fingerprint density at radius 1 is 1.46 bits per heavy atom. The van der Waals surface area contributed by atoms with E-state index in [0.29, 0.717) is 0 Å². The monoisotopic (exact) mass is 415 g/mol. The molecule has 1 unspecified atom stereocenters. The molecule has 0 heterocycles. The fourth-order valence-corrected chi connectivity index (χ4v) is 0.411. The van der Waals surface area contributed by atoms with Crippen LogP contribution in [0.5, 0.6) is 0 Å². The number of rotatable bonds is 2. The van der Waals surface area contributed by atoms with Crippen molar-refractivity contribution < 1.29 is 9.53 Å². The number of carbonyl (C=O) groups is 1. The average molecular weight is 419 g/mol. The van der Waals surface area contributed by atoms with E-state index in [1.807, 2.05) is 27.7 Å². The second-order valence-corrected chi connectivity index (χ2v) is 3.69. The molecule has 0 aromatic carbocycles. The van der Waals surface area contributed by atoms with Gasteiger partial charge >= 0.3 is 5.97 Å². The first-order valence-electron chi connectivity index (χ1n) is 3.92. The first-order chi connectivity index (χ1) is 4.88. The smallest absolute Gasteiger partial charge is 0.308 e. The average Bonchev–Trinajstić information content (AvgIpc) is 1.85. The van der Waals surface area contributed by atoms with Gasteiger partial charge in [-0.2, -0.15) is 0 Å². The van der Waals surface area contributed by atoms with Gasteiger partial charge in [0, 0.05) is 0 Å². The van der Waals surface area contributed by atoms with Crippen LogP contribution in [0.2, 0.25) is 0 Å². The van der Waals surface area contributed by atoms with Crippen LogP contribution in [0.4, 0.5) is 0 Å². The van der Waals surface area contributed by atoms with E-state index in [4.69, 9.17) is 4.74 Å². The van der Waals surface area contributed by atoms with Crippen molar-refractivity contribution in [3.05, 3.63) is 14.4 Å². The van der Waals surface area contributed by atoms with Gasteiger partial charge in [-0.1, -0.05) is 6.92 Å². The molecule has 0 aromatic rings. The summed E-state index contributed by atoms with van der Waals surface area (Å²) in [6.07, 6.45) is 0.559. The van der Waals surface area contributed by atoms with Crippen molar-refractivity contribution in [3.63, 3.8) is 0 Å². The number of esters is 1. The Bertz CT molecular complexity index is 138. The van der Waals surface area contributed by atoms with Crippen molar-refractivity contribution in [2.75, 3.05) is 0 Å². The summed E-state index contributed by atoms with van der Waals surface area (Å²) >= 11 is 0.